The van der Waals surface area contributed by atoms with Crippen LogP contribution in [0.25, 0.3) is 0 Å². The maximum absolute atomic E-state index is 10.7. The molecule has 0 spiro atoms. The molecule has 0 heterocycles. The normalized spacial score (nSPS) is 15.2. The van der Waals surface area contributed by atoms with E-state index in [4.69, 9.17) is 48.5 Å². The van der Waals surface area contributed by atoms with Gasteiger partial charge >= 0.3 is 5.97 Å². The van der Waals surface area contributed by atoms with Gasteiger partial charge in [0, 0.05) is 6.92 Å². The van der Waals surface area contributed by atoms with Gasteiger partial charge in [-0.2, -0.15) is 0 Å². The number of hydrogen-bond donors (Lipinski definition) is 3. The van der Waals surface area contributed by atoms with Crippen LogP contribution >= 0.6 is 0 Å². The minimum absolute atomic E-state index is 0.168. The molecule has 0 aliphatic heterocycles. The summed E-state index contributed by atoms with van der Waals surface area (Å²) in [5.74, 6) is 10.6. The standard InChI is InChI=1S/2C20H32O2.C19H24O2.C14H22.C12H16O2.3C10H14O/c2*1-4-16(2)19-10-12-20(13-11-19)22-17(3)21-15-14-18-8-6-5-7-9-18;1-4-15(2)18-10-12-19(13-11-18)21-16(3)20-14-17-8-6-5-7-9-17;1-6-11(2)12-7-9-13(10-8-12)14(3,4)5;1-4-9(2)11-5-7-12(8-6-11)14-10(3)13;3*1-3-8(2)9-4-6-10(11)7-5-9/h2*10-13,16-18H,4-9,14-15H2,1-3H3;5-13,15-16H,4,14H2,1-3H3;7-11H,6H2,1-5H3;5-9H,4H2,1-3H3;3*4-8,11H,3H2,1-2H3. The number of phenolic OH excluding ortho intramolecular Hbond substituents is 3. The van der Waals surface area contributed by atoms with Gasteiger partial charge in [-0.05, 0) is 290 Å². The highest BCUT2D eigenvalue weighted by Gasteiger charge is 2.19. The van der Waals surface area contributed by atoms with Gasteiger partial charge in [0.1, 0.15) is 40.2 Å². The molecule has 0 saturated heterocycles. The maximum atomic E-state index is 10.7. The second kappa shape index (κ2) is 62.3. The van der Waals surface area contributed by atoms with Crippen LogP contribution in [0.3, 0.4) is 0 Å². The first-order valence-corrected chi connectivity index (χ1v) is 48.3. The predicted molar refractivity (Wildman–Crippen MR) is 532 cm³/mol. The van der Waals surface area contributed by atoms with Crippen LogP contribution in [0.2, 0.25) is 0 Å². The smallest absolute Gasteiger partial charge is 0.308 e. The van der Waals surface area contributed by atoms with E-state index in [1.165, 1.54) is 153 Å². The van der Waals surface area contributed by atoms with Gasteiger partial charge in [0.25, 0.3) is 0 Å². The van der Waals surface area contributed by atoms with Crippen LogP contribution in [0.1, 0.15) is 391 Å². The second-order valence-corrected chi connectivity index (χ2v) is 36.2. The fraction of sp³-hybridized carbons (Fsp3) is 0.522. The summed E-state index contributed by atoms with van der Waals surface area (Å²) in [5.41, 5.74) is 13.6. The number of ether oxygens (including phenoxy) is 7. The highest BCUT2D eigenvalue weighted by atomic mass is 16.7. The Bertz CT molecular complexity index is 3960. The van der Waals surface area contributed by atoms with Gasteiger partial charge < -0.3 is 48.5 Å². The lowest BCUT2D eigenvalue weighted by atomic mass is 9.85. The fourth-order valence-electron chi connectivity index (χ4n) is 14.5. The van der Waals surface area contributed by atoms with E-state index in [0.717, 1.165) is 80.0 Å². The van der Waals surface area contributed by atoms with Crippen LogP contribution in [0.5, 0.6) is 40.2 Å². The van der Waals surface area contributed by atoms with Crippen molar-refractivity contribution in [3.8, 4) is 40.2 Å². The highest BCUT2D eigenvalue weighted by Crippen LogP contribution is 2.33. The molecule has 694 valence electrons. The number of carbonyl (C=O) groups excluding carboxylic acids is 1. The third-order valence-electron chi connectivity index (χ3n) is 25.1. The van der Waals surface area contributed by atoms with E-state index in [0.29, 0.717) is 76.9 Å². The summed E-state index contributed by atoms with van der Waals surface area (Å²) in [7, 11) is 0. The first kappa shape index (κ1) is 109. The van der Waals surface area contributed by atoms with Gasteiger partial charge in [-0.25, -0.2) is 0 Å². The molecule has 3 N–H and O–H groups in total. The van der Waals surface area contributed by atoms with Crippen molar-refractivity contribution >= 4 is 5.97 Å². The molecule has 9 aromatic carbocycles. The largest absolute Gasteiger partial charge is 0.508 e. The molecule has 11 atom stereocenters. The van der Waals surface area contributed by atoms with E-state index < -0.39 is 0 Å². The Morgan fingerprint density at radius 1 is 0.310 bits per heavy atom. The lowest BCUT2D eigenvalue weighted by molar-refractivity contribution is -0.131. The van der Waals surface area contributed by atoms with E-state index in [1.54, 1.807) is 36.4 Å². The van der Waals surface area contributed by atoms with Crippen molar-refractivity contribution in [3.05, 3.63) is 280 Å². The highest BCUT2D eigenvalue weighted by molar-refractivity contribution is 5.69. The fourth-order valence-corrected chi connectivity index (χ4v) is 14.5. The predicted octanol–water partition coefficient (Wildman–Crippen LogP) is 33.3. The zero-order chi connectivity index (χ0) is 92.8. The number of aromatic hydroxyl groups is 3. The van der Waals surface area contributed by atoms with Crippen LogP contribution in [-0.2, 0) is 31.0 Å². The molecular weight excluding hydrogens is 1560 g/mol. The third kappa shape index (κ3) is 45.2. The first-order chi connectivity index (χ1) is 60.3. The van der Waals surface area contributed by atoms with Gasteiger partial charge in [-0.3, -0.25) is 4.79 Å². The number of carbonyl (C=O) groups is 1. The minimum Gasteiger partial charge on any atom is -0.508 e. The van der Waals surface area contributed by atoms with E-state index >= 15 is 0 Å². The Hall–Kier alpha value is -8.87. The molecule has 126 heavy (non-hydrogen) atoms. The van der Waals surface area contributed by atoms with Crippen LogP contribution in [0, 0.1) is 11.8 Å². The average molecular weight is 1730 g/mol. The third-order valence-corrected chi connectivity index (χ3v) is 25.1. The van der Waals surface area contributed by atoms with Crippen molar-refractivity contribution in [2.45, 2.75) is 366 Å². The van der Waals surface area contributed by atoms with Crippen molar-refractivity contribution in [2.75, 3.05) is 13.2 Å². The molecule has 11 rings (SSSR count). The summed E-state index contributed by atoms with van der Waals surface area (Å²) < 4.78 is 39.8. The summed E-state index contributed by atoms with van der Waals surface area (Å²) in [6, 6.07) is 74.4. The second-order valence-electron chi connectivity index (χ2n) is 36.2. The van der Waals surface area contributed by atoms with Crippen molar-refractivity contribution in [1.82, 2.24) is 0 Å². The first-order valence-electron chi connectivity index (χ1n) is 48.3. The Morgan fingerprint density at radius 2 is 0.540 bits per heavy atom. The van der Waals surface area contributed by atoms with Gasteiger partial charge in [0.05, 0.1) is 19.8 Å². The molecule has 11 nitrogen and oxygen atoms in total. The molecule has 2 saturated carbocycles. The van der Waals surface area contributed by atoms with Crippen molar-refractivity contribution in [2.24, 2.45) is 11.8 Å². The monoisotopic (exact) mass is 1730 g/mol. The van der Waals surface area contributed by atoms with Crippen molar-refractivity contribution < 1.29 is 53.3 Å². The van der Waals surface area contributed by atoms with Crippen LogP contribution in [-0.4, -0.2) is 53.4 Å². The van der Waals surface area contributed by atoms with Crippen LogP contribution < -0.4 is 18.9 Å². The molecule has 11 heteroatoms. The molecule has 11 unspecified atom stereocenters. The molecule has 0 bridgehead atoms. The molecule has 2 aliphatic carbocycles. The SMILES string of the molecule is CCC(C)c1ccc(C(C)(C)C)cc1.CCC(C)c1ccc(O)cc1.CCC(C)c1ccc(O)cc1.CCC(C)c1ccc(O)cc1.CCC(C)c1ccc(OC(C)=O)cc1.CCC(C)c1ccc(OC(C)OCCC2CCCCC2)cc1.CCC(C)c1ccc(OC(C)OCCC2CCCCC2)cc1.CCC(C)c1ccc(OC(C)OCc2ccccc2)cc1. The summed E-state index contributed by atoms with van der Waals surface area (Å²) >= 11 is 0. The van der Waals surface area contributed by atoms with Crippen molar-refractivity contribution in [3.63, 3.8) is 0 Å². The molecule has 0 amide bonds. The average Bonchev–Trinajstić information content (AvgIpc) is 0.854. The van der Waals surface area contributed by atoms with Gasteiger partial charge in [0.15, 0.2) is 18.9 Å². The summed E-state index contributed by atoms with van der Waals surface area (Å²) in [6.07, 6.45) is 25.0. The van der Waals surface area contributed by atoms with E-state index in [9.17, 15) is 4.79 Å². The summed E-state index contributed by atoms with van der Waals surface area (Å²) in [4.78, 5) is 10.7. The lowest BCUT2D eigenvalue weighted by Gasteiger charge is -2.22. The Balaban J connectivity index is 0.000000307. The number of esters is 1. The number of phenols is 3. The lowest BCUT2D eigenvalue weighted by Crippen LogP contribution is -2.19. The zero-order valence-electron chi connectivity index (χ0n) is 82.2. The number of hydrogen-bond acceptors (Lipinski definition) is 11. The minimum atomic E-state index is -0.277. The Kier molecular flexibility index (Phi) is 54.2. The van der Waals surface area contributed by atoms with E-state index in [-0.39, 0.29) is 30.3 Å². The zero-order valence-corrected chi connectivity index (χ0v) is 82.2. The maximum Gasteiger partial charge on any atom is 0.308 e. The number of benzene rings is 9. The number of rotatable bonds is 34. The van der Waals surface area contributed by atoms with Crippen LogP contribution in [0.4, 0.5) is 0 Å². The molecule has 0 aromatic heterocycles. The van der Waals surface area contributed by atoms with Crippen LogP contribution in [0.15, 0.2) is 224 Å². The molecule has 0 radical (unpaired) electrons. The van der Waals surface area contributed by atoms with Crippen molar-refractivity contribution in [1.29, 1.82) is 0 Å². The van der Waals surface area contributed by atoms with Gasteiger partial charge in [0.2, 0.25) is 0 Å². The molecule has 2 aliphatic rings. The Morgan fingerprint density at radius 3 is 0.778 bits per heavy atom. The van der Waals surface area contributed by atoms with Gasteiger partial charge in [-0.1, -0.05) is 335 Å². The van der Waals surface area contributed by atoms with E-state index in [2.05, 4.69) is 216 Å². The van der Waals surface area contributed by atoms with E-state index in [1.807, 2.05) is 124 Å². The summed E-state index contributed by atoms with van der Waals surface area (Å²) in [6.45, 7) is 51.6. The molecule has 2 fully saturated rings. The topological polar surface area (TPSA) is 142 Å². The Labute approximate surface area is 766 Å². The van der Waals surface area contributed by atoms with Gasteiger partial charge in [-0.15, -0.1) is 0 Å². The quantitative estimate of drug-likeness (QED) is 0.0202. The molecular formula is C115H168O11. The summed E-state index contributed by atoms with van der Waals surface area (Å²) in [5, 5.41) is 27.0. The molecule has 9 aromatic rings.